The fraction of sp³-hybridized carbons (Fsp3) is 0.235. The summed E-state index contributed by atoms with van der Waals surface area (Å²) in [6.45, 7) is 5.84. The molecule has 0 fully saturated rings. The number of amides is 1. The molecule has 0 bridgehead atoms. The number of carbonyl (C=O) groups excluding carboxylic acids is 1. The van der Waals surface area contributed by atoms with Gasteiger partial charge in [-0.2, -0.15) is 0 Å². The largest absolute Gasteiger partial charge is 0.483 e. The number of halogens is 1. The Labute approximate surface area is 123 Å². The maximum atomic E-state index is 12.8. The monoisotopic (exact) mass is 287 g/mol. The van der Waals surface area contributed by atoms with Gasteiger partial charge in [0.1, 0.15) is 11.6 Å². The van der Waals surface area contributed by atoms with E-state index < -0.39 is 0 Å². The minimum absolute atomic E-state index is 0.0812. The molecule has 0 spiro atoms. The van der Waals surface area contributed by atoms with Crippen LogP contribution in [-0.4, -0.2) is 12.5 Å². The molecule has 3 nitrogen and oxygen atoms in total. The standard InChI is InChI=1S/C17H18FNO2/c1-11-8-12(2)17(13(3)9-11)21-10-16(20)19-15-6-4-14(18)5-7-15/h4-9H,10H2,1-3H3,(H,19,20). The third-order valence-electron chi connectivity index (χ3n) is 3.08. The molecule has 0 radical (unpaired) electrons. The van der Waals surface area contributed by atoms with Crippen LogP contribution in [0.25, 0.3) is 0 Å². The molecule has 0 aliphatic rings. The fourth-order valence-corrected chi connectivity index (χ4v) is 2.26. The molecular weight excluding hydrogens is 269 g/mol. The number of carbonyl (C=O) groups is 1. The summed E-state index contributed by atoms with van der Waals surface area (Å²) in [5.41, 5.74) is 3.71. The predicted molar refractivity (Wildman–Crippen MR) is 81.2 cm³/mol. The first-order valence-corrected chi connectivity index (χ1v) is 6.72. The topological polar surface area (TPSA) is 38.3 Å². The molecule has 0 atom stereocenters. The molecule has 2 aromatic rings. The van der Waals surface area contributed by atoms with Crippen LogP contribution in [0.2, 0.25) is 0 Å². The van der Waals surface area contributed by atoms with Crippen molar-refractivity contribution in [3.8, 4) is 5.75 Å². The lowest BCUT2D eigenvalue weighted by Crippen LogP contribution is -2.20. The summed E-state index contributed by atoms with van der Waals surface area (Å²) in [7, 11) is 0. The van der Waals surface area contributed by atoms with E-state index in [1.807, 2.05) is 32.9 Å². The number of benzene rings is 2. The summed E-state index contributed by atoms with van der Waals surface area (Å²) in [5.74, 6) is 0.117. The molecule has 0 aliphatic carbocycles. The molecule has 1 N–H and O–H groups in total. The fourth-order valence-electron chi connectivity index (χ4n) is 2.26. The average molecular weight is 287 g/mol. The molecule has 2 rings (SSSR count). The number of aryl methyl sites for hydroxylation is 3. The second-order valence-corrected chi connectivity index (χ2v) is 5.07. The van der Waals surface area contributed by atoms with Crippen molar-refractivity contribution in [3.63, 3.8) is 0 Å². The van der Waals surface area contributed by atoms with Crippen molar-refractivity contribution in [2.24, 2.45) is 0 Å². The Balaban J connectivity index is 1.97. The Hall–Kier alpha value is -2.36. The maximum absolute atomic E-state index is 12.8. The third kappa shape index (κ3) is 4.05. The van der Waals surface area contributed by atoms with Gasteiger partial charge in [0.15, 0.2) is 6.61 Å². The van der Waals surface area contributed by atoms with E-state index in [4.69, 9.17) is 4.74 Å². The zero-order chi connectivity index (χ0) is 15.4. The highest BCUT2D eigenvalue weighted by atomic mass is 19.1. The van der Waals surface area contributed by atoms with Crippen molar-refractivity contribution < 1.29 is 13.9 Å². The molecule has 0 saturated carbocycles. The van der Waals surface area contributed by atoms with E-state index in [1.54, 1.807) is 0 Å². The third-order valence-corrected chi connectivity index (χ3v) is 3.08. The van der Waals surface area contributed by atoms with E-state index in [-0.39, 0.29) is 18.3 Å². The molecule has 110 valence electrons. The summed E-state index contributed by atoms with van der Waals surface area (Å²) in [6.07, 6.45) is 0. The maximum Gasteiger partial charge on any atom is 0.262 e. The van der Waals surface area contributed by atoms with Crippen LogP contribution < -0.4 is 10.1 Å². The molecule has 2 aromatic carbocycles. The van der Waals surface area contributed by atoms with Crippen molar-refractivity contribution in [2.75, 3.05) is 11.9 Å². The minimum atomic E-state index is -0.338. The van der Waals surface area contributed by atoms with Crippen LogP contribution in [0, 0.1) is 26.6 Å². The molecule has 0 heterocycles. The summed E-state index contributed by atoms with van der Waals surface area (Å²) in [5, 5.41) is 2.66. The van der Waals surface area contributed by atoms with Crippen molar-refractivity contribution in [1.29, 1.82) is 0 Å². The van der Waals surface area contributed by atoms with Gasteiger partial charge >= 0.3 is 0 Å². The first-order valence-electron chi connectivity index (χ1n) is 6.72. The smallest absolute Gasteiger partial charge is 0.262 e. The van der Waals surface area contributed by atoms with E-state index in [0.29, 0.717) is 5.69 Å². The van der Waals surface area contributed by atoms with Gasteiger partial charge in [0, 0.05) is 5.69 Å². The van der Waals surface area contributed by atoms with Crippen LogP contribution in [0.1, 0.15) is 16.7 Å². The van der Waals surface area contributed by atoms with E-state index >= 15 is 0 Å². The van der Waals surface area contributed by atoms with Gasteiger partial charge in [-0.15, -0.1) is 0 Å². The molecule has 0 aromatic heterocycles. The van der Waals surface area contributed by atoms with Gasteiger partial charge in [-0.1, -0.05) is 17.7 Å². The van der Waals surface area contributed by atoms with Gasteiger partial charge in [-0.25, -0.2) is 4.39 Å². The Morgan fingerprint density at radius 1 is 1.10 bits per heavy atom. The van der Waals surface area contributed by atoms with Crippen LogP contribution >= 0.6 is 0 Å². The Morgan fingerprint density at radius 2 is 1.67 bits per heavy atom. The average Bonchev–Trinajstić information content (AvgIpc) is 2.40. The van der Waals surface area contributed by atoms with Crippen molar-refractivity contribution in [3.05, 3.63) is 58.9 Å². The summed E-state index contributed by atoms with van der Waals surface area (Å²) in [6, 6.07) is 9.64. The summed E-state index contributed by atoms with van der Waals surface area (Å²) < 4.78 is 18.4. The molecule has 0 unspecified atom stereocenters. The van der Waals surface area contributed by atoms with Crippen LogP contribution in [0.5, 0.6) is 5.75 Å². The number of anilines is 1. The highest BCUT2D eigenvalue weighted by molar-refractivity contribution is 5.91. The Morgan fingerprint density at radius 3 is 2.24 bits per heavy atom. The Bertz CT molecular complexity index is 627. The second-order valence-electron chi connectivity index (χ2n) is 5.07. The van der Waals surface area contributed by atoms with Gasteiger partial charge in [-0.05, 0) is 56.2 Å². The van der Waals surface area contributed by atoms with E-state index in [9.17, 15) is 9.18 Å². The molecule has 1 amide bonds. The van der Waals surface area contributed by atoms with Crippen LogP contribution in [0.4, 0.5) is 10.1 Å². The number of nitrogens with one attached hydrogen (secondary N) is 1. The normalized spacial score (nSPS) is 10.3. The molecule has 0 saturated heterocycles. The Kier molecular flexibility index (Phi) is 4.58. The lowest BCUT2D eigenvalue weighted by Gasteiger charge is -2.13. The van der Waals surface area contributed by atoms with Gasteiger partial charge in [0.2, 0.25) is 0 Å². The van der Waals surface area contributed by atoms with Gasteiger partial charge in [0.25, 0.3) is 5.91 Å². The first-order chi connectivity index (χ1) is 9.95. The first kappa shape index (κ1) is 15.0. The number of rotatable bonds is 4. The summed E-state index contributed by atoms with van der Waals surface area (Å²) >= 11 is 0. The second kappa shape index (κ2) is 6.39. The number of hydrogen-bond acceptors (Lipinski definition) is 2. The van der Waals surface area contributed by atoms with Crippen molar-refractivity contribution in [2.45, 2.75) is 20.8 Å². The predicted octanol–water partition coefficient (Wildman–Crippen LogP) is 3.77. The van der Waals surface area contributed by atoms with Gasteiger partial charge < -0.3 is 10.1 Å². The SMILES string of the molecule is Cc1cc(C)c(OCC(=O)Nc2ccc(F)cc2)c(C)c1. The molecule has 4 heteroatoms. The highest BCUT2D eigenvalue weighted by Crippen LogP contribution is 2.24. The van der Waals surface area contributed by atoms with E-state index in [0.717, 1.165) is 22.4 Å². The highest BCUT2D eigenvalue weighted by Gasteiger charge is 2.08. The van der Waals surface area contributed by atoms with E-state index in [1.165, 1.54) is 24.3 Å². The zero-order valence-electron chi connectivity index (χ0n) is 12.4. The zero-order valence-corrected chi connectivity index (χ0v) is 12.4. The van der Waals surface area contributed by atoms with Crippen LogP contribution in [0.3, 0.4) is 0 Å². The van der Waals surface area contributed by atoms with Crippen LogP contribution in [-0.2, 0) is 4.79 Å². The number of hydrogen-bond donors (Lipinski definition) is 1. The van der Waals surface area contributed by atoms with Gasteiger partial charge in [-0.3, -0.25) is 4.79 Å². The lowest BCUT2D eigenvalue weighted by atomic mass is 10.1. The summed E-state index contributed by atoms with van der Waals surface area (Å²) in [4.78, 5) is 11.8. The molecular formula is C17H18FNO2. The number of ether oxygens (including phenoxy) is 1. The van der Waals surface area contributed by atoms with Crippen molar-refractivity contribution >= 4 is 11.6 Å². The van der Waals surface area contributed by atoms with E-state index in [2.05, 4.69) is 5.32 Å². The molecule has 21 heavy (non-hydrogen) atoms. The molecule has 0 aliphatic heterocycles. The lowest BCUT2D eigenvalue weighted by molar-refractivity contribution is -0.118. The van der Waals surface area contributed by atoms with Gasteiger partial charge in [0.05, 0.1) is 0 Å². The quantitative estimate of drug-likeness (QED) is 0.929. The van der Waals surface area contributed by atoms with Crippen LogP contribution in [0.15, 0.2) is 36.4 Å². The van der Waals surface area contributed by atoms with Crippen molar-refractivity contribution in [1.82, 2.24) is 0 Å². The minimum Gasteiger partial charge on any atom is -0.483 e.